The molecule has 1 saturated heterocycles. The number of carbonyl (C=O) groups excluding carboxylic acids is 2. The highest BCUT2D eigenvalue weighted by Crippen LogP contribution is 2.23. The van der Waals surface area contributed by atoms with Crippen molar-refractivity contribution in [2.75, 3.05) is 19.7 Å². The lowest BCUT2D eigenvalue weighted by molar-refractivity contribution is -0.138. The van der Waals surface area contributed by atoms with E-state index in [1.165, 1.54) is 12.1 Å². The largest absolute Gasteiger partial charge is 0.493 e. The molecule has 6 heteroatoms. The molecule has 1 N–H and O–H groups in total. The van der Waals surface area contributed by atoms with Gasteiger partial charge >= 0.3 is 0 Å². The Morgan fingerprint density at radius 1 is 1.30 bits per heavy atom. The molecule has 2 unspecified atom stereocenters. The van der Waals surface area contributed by atoms with Crippen molar-refractivity contribution in [2.45, 2.75) is 58.4 Å². The van der Waals surface area contributed by atoms with Crippen LogP contribution in [0, 0.1) is 11.7 Å². The highest BCUT2D eigenvalue weighted by molar-refractivity contribution is 5.81. The first-order chi connectivity index (χ1) is 13.0. The number of unbranched alkanes of at least 4 members (excludes halogenated alkanes) is 1. The van der Waals surface area contributed by atoms with E-state index in [4.69, 9.17) is 4.74 Å². The summed E-state index contributed by atoms with van der Waals surface area (Å²) in [6, 6.07) is 6.14. The summed E-state index contributed by atoms with van der Waals surface area (Å²) in [4.78, 5) is 26.7. The lowest BCUT2D eigenvalue weighted by Crippen LogP contribution is -2.49. The van der Waals surface area contributed by atoms with Crippen molar-refractivity contribution in [2.24, 2.45) is 5.92 Å². The van der Waals surface area contributed by atoms with E-state index in [9.17, 15) is 14.0 Å². The molecule has 2 amide bonds. The van der Waals surface area contributed by atoms with Gasteiger partial charge in [-0.3, -0.25) is 9.59 Å². The second kappa shape index (κ2) is 10.9. The van der Waals surface area contributed by atoms with Crippen LogP contribution in [0.1, 0.15) is 52.4 Å². The van der Waals surface area contributed by atoms with Gasteiger partial charge in [-0.1, -0.05) is 19.4 Å². The van der Waals surface area contributed by atoms with E-state index in [0.29, 0.717) is 38.3 Å². The first-order valence-electron chi connectivity index (χ1n) is 9.96. The number of hydrogen-bond donors (Lipinski definition) is 1. The van der Waals surface area contributed by atoms with Gasteiger partial charge < -0.3 is 15.0 Å². The van der Waals surface area contributed by atoms with E-state index >= 15 is 0 Å². The Kier molecular flexibility index (Phi) is 8.55. The average Bonchev–Trinajstić information content (AvgIpc) is 2.65. The van der Waals surface area contributed by atoms with Crippen molar-refractivity contribution in [1.29, 1.82) is 0 Å². The molecule has 0 aromatic heterocycles. The Labute approximate surface area is 161 Å². The van der Waals surface area contributed by atoms with Gasteiger partial charge in [-0.05, 0) is 44.7 Å². The Bertz CT molecular complexity index is 623. The number of carbonyl (C=O) groups is 2. The fourth-order valence-corrected chi connectivity index (χ4v) is 3.32. The van der Waals surface area contributed by atoms with Crippen LogP contribution in [0.15, 0.2) is 24.3 Å². The van der Waals surface area contributed by atoms with Gasteiger partial charge in [-0.15, -0.1) is 0 Å². The molecule has 5 nitrogen and oxygen atoms in total. The van der Waals surface area contributed by atoms with Gasteiger partial charge in [0.25, 0.3) is 0 Å². The zero-order valence-electron chi connectivity index (χ0n) is 16.4. The Hall–Kier alpha value is -2.11. The molecule has 0 bridgehead atoms. The van der Waals surface area contributed by atoms with Crippen LogP contribution in [-0.2, 0) is 9.59 Å². The van der Waals surface area contributed by atoms with Gasteiger partial charge in [0.15, 0.2) is 0 Å². The molecule has 1 aliphatic rings. The van der Waals surface area contributed by atoms with Gasteiger partial charge in [0.2, 0.25) is 11.8 Å². The second-order valence-electron chi connectivity index (χ2n) is 7.22. The summed E-state index contributed by atoms with van der Waals surface area (Å²) in [5, 5.41) is 2.98. The Morgan fingerprint density at radius 3 is 2.85 bits per heavy atom. The average molecular weight is 378 g/mol. The zero-order chi connectivity index (χ0) is 19.6. The van der Waals surface area contributed by atoms with Gasteiger partial charge in [-0.25, -0.2) is 4.39 Å². The Morgan fingerprint density at radius 2 is 2.11 bits per heavy atom. The van der Waals surface area contributed by atoms with Crippen molar-refractivity contribution < 1.29 is 18.7 Å². The van der Waals surface area contributed by atoms with Gasteiger partial charge in [-0.2, -0.15) is 0 Å². The number of ether oxygens (including phenoxy) is 1. The first kappa shape index (κ1) is 21.2. The van der Waals surface area contributed by atoms with Crippen LogP contribution >= 0.6 is 0 Å². The van der Waals surface area contributed by atoms with Crippen molar-refractivity contribution in [3.8, 4) is 5.75 Å². The summed E-state index contributed by atoms with van der Waals surface area (Å²) >= 11 is 0. The molecule has 1 fully saturated rings. The lowest BCUT2D eigenvalue weighted by Gasteiger charge is -2.37. The van der Waals surface area contributed by atoms with Crippen LogP contribution in [0.3, 0.4) is 0 Å². The zero-order valence-corrected chi connectivity index (χ0v) is 16.4. The first-order valence-corrected chi connectivity index (χ1v) is 9.96. The maximum atomic E-state index is 13.1. The number of nitrogens with one attached hydrogen (secondary N) is 1. The summed E-state index contributed by atoms with van der Waals surface area (Å²) in [5.41, 5.74) is 0. The highest BCUT2D eigenvalue weighted by Gasteiger charge is 2.32. The minimum absolute atomic E-state index is 0.0522. The van der Waals surface area contributed by atoms with Crippen LogP contribution in [0.4, 0.5) is 4.39 Å². The van der Waals surface area contributed by atoms with E-state index in [-0.39, 0.29) is 29.6 Å². The number of piperidine rings is 1. The summed E-state index contributed by atoms with van der Waals surface area (Å²) in [6.07, 6.45) is 4.62. The minimum Gasteiger partial charge on any atom is -0.493 e. The number of halogens is 1. The van der Waals surface area contributed by atoms with Crippen LogP contribution < -0.4 is 10.1 Å². The summed E-state index contributed by atoms with van der Waals surface area (Å²) in [5.74, 6) is 0.121. The molecule has 0 spiro atoms. The van der Waals surface area contributed by atoms with E-state index in [2.05, 4.69) is 12.2 Å². The summed E-state index contributed by atoms with van der Waals surface area (Å²) < 4.78 is 18.6. The molecule has 150 valence electrons. The molecular formula is C21H31FN2O3. The van der Waals surface area contributed by atoms with Crippen LogP contribution in [0.2, 0.25) is 0 Å². The Balaban J connectivity index is 1.75. The highest BCUT2D eigenvalue weighted by atomic mass is 19.1. The summed E-state index contributed by atoms with van der Waals surface area (Å²) in [7, 11) is 0. The maximum absolute atomic E-state index is 13.1. The van der Waals surface area contributed by atoms with Gasteiger partial charge in [0.1, 0.15) is 11.6 Å². The fourth-order valence-electron chi connectivity index (χ4n) is 3.32. The molecule has 0 aliphatic carbocycles. The monoisotopic (exact) mass is 378 g/mol. The standard InChI is InChI=1S/C21H31FN2O3/c1-3-4-12-23-21(26)17-11-10-16(2)24(15-17)20(25)9-6-13-27-19-8-5-7-18(22)14-19/h5,7-8,14,16-17H,3-4,6,9-13,15H2,1-2H3,(H,23,26). The molecule has 1 aliphatic heterocycles. The summed E-state index contributed by atoms with van der Waals surface area (Å²) in [6.45, 7) is 5.67. The molecule has 1 aromatic rings. The smallest absolute Gasteiger partial charge is 0.224 e. The van der Waals surface area contributed by atoms with Crippen LogP contribution in [-0.4, -0.2) is 42.5 Å². The predicted octanol–water partition coefficient (Wildman–Crippen LogP) is 3.53. The van der Waals surface area contributed by atoms with Crippen molar-refractivity contribution in [1.82, 2.24) is 10.2 Å². The van der Waals surface area contributed by atoms with Crippen molar-refractivity contribution >= 4 is 11.8 Å². The number of amides is 2. The number of rotatable bonds is 9. The molecule has 27 heavy (non-hydrogen) atoms. The number of benzene rings is 1. The normalized spacial score (nSPS) is 19.6. The van der Waals surface area contributed by atoms with Gasteiger partial charge in [0, 0.05) is 31.6 Å². The maximum Gasteiger partial charge on any atom is 0.224 e. The number of nitrogens with zero attached hydrogens (tertiary/aromatic N) is 1. The molecule has 1 aromatic carbocycles. The molecule has 2 atom stereocenters. The van der Waals surface area contributed by atoms with Crippen molar-refractivity contribution in [3.63, 3.8) is 0 Å². The van der Waals surface area contributed by atoms with E-state index in [0.717, 1.165) is 25.7 Å². The predicted molar refractivity (Wildman–Crippen MR) is 103 cm³/mol. The van der Waals surface area contributed by atoms with Crippen LogP contribution in [0.5, 0.6) is 5.75 Å². The third kappa shape index (κ3) is 6.85. The molecular weight excluding hydrogens is 347 g/mol. The van der Waals surface area contributed by atoms with Crippen molar-refractivity contribution in [3.05, 3.63) is 30.1 Å². The quantitative estimate of drug-likeness (QED) is 0.669. The lowest BCUT2D eigenvalue weighted by atomic mass is 9.92. The molecule has 0 saturated carbocycles. The molecule has 1 heterocycles. The van der Waals surface area contributed by atoms with E-state index in [1.54, 1.807) is 12.1 Å². The topological polar surface area (TPSA) is 58.6 Å². The minimum atomic E-state index is -0.339. The van der Waals surface area contributed by atoms with Crippen LogP contribution in [0.25, 0.3) is 0 Å². The number of hydrogen-bond acceptors (Lipinski definition) is 3. The van der Waals surface area contributed by atoms with Gasteiger partial charge in [0.05, 0.1) is 12.5 Å². The molecule has 0 radical (unpaired) electrons. The van der Waals surface area contributed by atoms with E-state index in [1.807, 2.05) is 11.8 Å². The number of likely N-dealkylation sites (tertiary alicyclic amines) is 1. The third-order valence-electron chi connectivity index (χ3n) is 5.00. The second-order valence-corrected chi connectivity index (χ2v) is 7.22. The SMILES string of the molecule is CCCCNC(=O)C1CCC(C)N(C(=O)CCCOc2cccc(F)c2)C1. The van der Waals surface area contributed by atoms with E-state index < -0.39 is 0 Å². The third-order valence-corrected chi connectivity index (χ3v) is 5.00. The molecule has 2 rings (SSSR count). The fraction of sp³-hybridized carbons (Fsp3) is 0.619.